The van der Waals surface area contributed by atoms with Crippen LogP contribution in [0.2, 0.25) is 0 Å². The number of anilines is 1. The van der Waals surface area contributed by atoms with Crippen molar-refractivity contribution in [1.82, 2.24) is 25.1 Å². The number of aromatic amines is 1. The standard InChI is InChI=1S/C33H34N6O4/c1-33(2,3)28(37-30(41)27-15-20-9-7-8-12-25(20)36-27)32(43)39-19-23-16-24(39)18-38(23)31(42)26-14-13-21(17-34-26)29(40)35-22-10-5-4-6-11-22/h4-15,17,23-24,28,36H,16,18-19H2,1-3H3,(H,35,40)(H,37,41)/t23-,24-,28+/m0/s1. The molecule has 3 N–H and O–H groups in total. The van der Waals surface area contributed by atoms with E-state index in [1.165, 1.54) is 6.20 Å². The van der Waals surface area contributed by atoms with Crippen LogP contribution in [0.5, 0.6) is 0 Å². The van der Waals surface area contributed by atoms with Gasteiger partial charge in [0, 0.05) is 35.9 Å². The summed E-state index contributed by atoms with van der Waals surface area (Å²) < 4.78 is 0. The highest BCUT2D eigenvalue weighted by molar-refractivity contribution is 6.04. The van der Waals surface area contributed by atoms with Crippen molar-refractivity contribution in [3.8, 4) is 0 Å². The van der Waals surface area contributed by atoms with E-state index in [-0.39, 0.29) is 41.4 Å². The third-order valence-corrected chi connectivity index (χ3v) is 8.22. The Bertz CT molecular complexity index is 1660. The largest absolute Gasteiger partial charge is 0.351 e. The molecule has 0 unspecified atom stereocenters. The van der Waals surface area contributed by atoms with Crippen LogP contribution in [0.15, 0.2) is 79.0 Å². The second-order valence-corrected chi connectivity index (χ2v) is 12.3. The maximum atomic E-state index is 13.8. The number of benzene rings is 2. The summed E-state index contributed by atoms with van der Waals surface area (Å²) in [6, 6.07) is 20.7. The fourth-order valence-electron chi connectivity index (χ4n) is 5.93. The third kappa shape index (κ3) is 5.60. The maximum Gasteiger partial charge on any atom is 0.272 e. The van der Waals surface area contributed by atoms with Crippen LogP contribution in [0.4, 0.5) is 5.69 Å². The molecule has 4 amide bonds. The van der Waals surface area contributed by atoms with E-state index in [9.17, 15) is 19.2 Å². The number of nitrogens with one attached hydrogen (secondary N) is 3. The van der Waals surface area contributed by atoms with Gasteiger partial charge in [0.15, 0.2) is 0 Å². The lowest BCUT2D eigenvalue weighted by Gasteiger charge is -2.39. The van der Waals surface area contributed by atoms with E-state index in [0.29, 0.717) is 36.5 Å². The Morgan fingerprint density at radius 2 is 1.58 bits per heavy atom. The molecule has 4 aromatic rings. The van der Waals surface area contributed by atoms with Crippen LogP contribution in [-0.2, 0) is 4.79 Å². The average molecular weight is 579 g/mol. The Morgan fingerprint density at radius 3 is 2.23 bits per heavy atom. The molecule has 2 aromatic carbocycles. The number of fused-ring (bicyclic) bond motifs is 3. The van der Waals surface area contributed by atoms with E-state index in [4.69, 9.17) is 0 Å². The number of H-pyrrole nitrogens is 1. The number of hydrogen-bond donors (Lipinski definition) is 3. The minimum Gasteiger partial charge on any atom is -0.351 e. The number of carbonyl (C=O) groups is 4. The van der Waals surface area contributed by atoms with Gasteiger partial charge >= 0.3 is 0 Å². The highest BCUT2D eigenvalue weighted by atomic mass is 16.2. The molecule has 0 aliphatic carbocycles. The number of pyridine rings is 1. The second-order valence-electron chi connectivity index (χ2n) is 12.3. The molecule has 0 saturated carbocycles. The number of para-hydroxylation sites is 2. The van der Waals surface area contributed by atoms with Gasteiger partial charge < -0.3 is 25.4 Å². The van der Waals surface area contributed by atoms with Crippen molar-refractivity contribution in [2.24, 2.45) is 5.41 Å². The normalized spacial score (nSPS) is 18.5. The Labute approximate surface area is 249 Å². The summed E-state index contributed by atoms with van der Waals surface area (Å²) in [7, 11) is 0. The Kier molecular flexibility index (Phi) is 7.21. The van der Waals surface area contributed by atoms with Gasteiger partial charge in [0.1, 0.15) is 17.4 Å². The first-order valence-electron chi connectivity index (χ1n) is 14.4. The van der Waals surface area contributed by atoms with Gasteiger partial charge in [-0.25, -0.2) is 0 Å². The summed E-state index contributed by atoms with van der Waals surface area (Å²) in [6.07, 6.45) is 2.07. The molecule has 2 fully saturated rings. The van der Waals surface area contributed by atoms with Crippen LogP contribution in [-0.4, -0.2) is 74.6 Å². The number of nitrogens with zero attached hydrogens (tertiary/aromatic N) is 3. The molecule has 0 radical (unpaired) electrons. The predicted molar refractivity (Wildman–Crippen MR) is 163 cm³/mol. The van der Waals surface area contributed by atoms with E-state index in [0.717, 1.165) is 10.9 Å². The van der Waals surface area contributed by atoms with Gasteiger partial charge in [-0.1, -0.05) is 57.2 Å². The zero-order valence-electron chi connectivity index (χ0n) is 24.3. The Hall–Kier alpha value is -4.99. The molecule has 10 nitrogen and oxygen atoms in total. The van der Waals surface area contributed by atoms with Crippen LogP contribution in [0.1, 0.15) is 58.5 Å². The highest BCUT2D eigenvalue weighted by Crippen LogP contribution is 2.34. The number of aromatic nitrogens is 2. The number of piperazine rings is 1. The van der Waals surface area contributed by atoms with Crippen molar-refractivity contribution in [2.45, 2.75) is 45.3 Å². The third-order valence-electron chi connectivity index (χ3n) is 8.22. The van der Waals surface area contributed by atoms with Gasteiger partial charge in [0.05, 0.1) is 17.6 Å². The van der Waals surface area contributed by atoms with Crippen molar-refractivity contribution in [1.29, 1.82) is 0 Å². The monoisotopic (exact) mass is 578 g/mol. The van der Waals surface area contributed by atoms with Crippen molar-refractivity contribution in [3.05, 3.63) is 95.9 Å². The van der Waals surface area contributed by atoms with Gasteiger partial charge in [-0.2, -0.15) is 0 Å². The lowest BCUT2D eigenvalue weighted by molar-refractivity contribution is -0.138. The summed E-state index contributed by atoms with van der Waals surface area (Å²) in [4.78, 5) is 63.9. The van der Waals surface area contributed by atoms with Crippen molar-refractivity contribution < 1.29 is 19.2 Å². The van der Waals surface area contributed by atoms with E-state index < -0.39 is 11.5 Å². The second kappa shape index (κ2) is 11.0. The quantitative estimate of drug-likeness (QED) is 0.318. The van der Waals surface area contributed by atoms with E-state index in [2.05, 4.69) is 20.6 Å². The van der Waals surface area contributed by atoms with Gasteiger partial charge in [-0.3, -0.25) is 24.2 Å². The molecule has 2 aliphatic rings. The molecule has 43 heavy (non-hydrogen) atoms. The summed E-state index contributed by atoms with van der Waals surface area (Å²) in [5.41, 5.74) is 1.99. The van der Waals surface area contributed by atoms with Crippen LogP contribution >= 0.6 is 0 Å². The van der Waals surface area contributed by atoms with Crippen LogP contribution in [0.3, 0.4) is 0 Å². The topological polar surface area (TPSA) is 127 Å². The maximum absolute atomic E-state index is 13.8. The first-order chi connectivity index (χ1) is 20.6. The van der Waals surface area contributed by atoms with Gasteiger partial charge in [0.25, 0.3) is 17.7 Å². The SMILES string of the molecule is CC(C)(C)[C@H](NC(=O)c1cc2ccccc2[nH]1)C(=O)N1C[C@@H]2C[C@H]1CN2C(=O)c1ccc(C(=O)Nc2ccccc2)cn1. The fraction of sp³-hybridized carbons (Fsp3) is 0.303. The van der Waals surface area contributed by atoms with Gasteiger partial charge in [0.2, 0.25) is 5.91 Å². The van der Waals surface area contributed by atoms with Crippen LogP contribution in [0.25, 0.3) is 10.9 Å². The van der Waals surface area contributed by atoms with Crippen LogP contribution < -0.4 is 10.6 Å². The Morgan fingerprint density at radius 1 is 0.884 bits per heavy atom. The first-order valence-corrected chi connectivity index (χ1v) is 14.4. The summed E-state index contributed by atoms with van der Waals surface area (Å²) in [6.45, 7) is 6.57. The molecule has 2 aromatic heterocycles. The number of hydrogen-bond acceptors (Lipinski definition) is 5. The van der Waals surface area contributed by atoms with Crippen molar-refractivity contribution >= 4 is 40.2 Å². The molecule has 2 bridgehead atoms. The lowest BCUT2D eigenvalue weighted by atomic mass is 9.85. The molecule has 10 heteroatoms. The molecular weight excluding hydrogens is 544 g/mol. The molecule has 2 saturated heterocycles. The van der Waals surface area contributed by atoms with Crippen molar-refractivity contribution in [2.75, 3.05) is 18.4 Å². The summed E-state index contributed by atoms with van der Waals surface area (Å²) in [5.74, 6) is -1.02. The number of rotatable bonds is 6. The molecule has 0 spiro atoms. The minimum absolute atomic E-state index is 0.144. The minimum atomic E-state index is -0.744. The van der Waals surface area contributed by atoms with Gasteiger partial charge in [-0.05, 0) is 48.2 Å². The fourth-order valence-corrected chi connectivity index (χ4v) is 5.93. The molecule has 3 atom stereocenters. The Balaban J connectivity index is 1.10. The average Bonchev–Trinajstić information content (AvgIpc) is 3.74. The van der Waals surface area contributed by atoms with Gasteiger partial charge in [-0.15, -0.1) is 0 Å². The molecule has 6 rings (SSSR count). The first kappa shape index (κ1) is 28.1. The van der Waals surface area contributed by atoms with Crippen molar-refractivity contribution in [3.63, 3.8) is 0 Å². The van der Waals surface area contributed by atoms with Crippen LogP contribution in [0, 0.1) is 5.41 Å². The lowest BCUT2D eigenvalue weighted by Crippen LogP contribution is -2.59. The summed E-state index contributed by atoms with van der Waals surface area (Å²) in [5, 5.41) is 6.70. The molecule has 4 heterocycles. The molecular formula is C33H34N6O4. The number of amides is 4. The zero-order valence-corrected chi connectivity index (χ0v) is 24.3. The van der Waals surface area contributed by atoms with E-state index in [1.54, 1.807) is 40.1 Å². The number of carbonyl (C=O) groups excluding carboxylic acids is 4. The molecule has 220 valence electrons. The van der Waals surface area contributed by atoms with E-state index in [1.807, 2.05) is 63.2 Å². The number of likely N-dealkylation sites (tertiary alicyclic amines) is 2. The highest BCUT2D eigenvalue weighted by Gasteiger charge is 2.50. The zero-order chi connectivity index (χ0) is 30.3. The van der Waals surface area contributed by atoms with E-state index >= 15 is 0 Å². The molecule has 2 aliphatic heterocycles. The summed E-state index contributed by atoms with van der Waals surface area (Å²) >= 11 is 0. The predicted octanol–water partition coefficient (Wildman–Crippen LogP) is 4.09. The smallest absolute Gasteiger partial charge is 0.272 e.